The second kappa shape index (κ2) is 4.72. The summed E-state index contributed by atoms with van der Waals surface area (Å²) in [6, 6.07) is 5.86. The Morgan fingerprint density at radius 2 is 2.30 bits per heavy atom. The van der Waals surface area contributed by atoms with Gasteiger partial charge in [-0.3, -0.25) is 9.59 Å². The summed E-state index contributed by atoms with van der Waals surface area (Å²) in [6.45, 7) is 0. The summed E-state index contributed by atoms with van der Waals surface area (Å²) in [5.74, 6) is -0.281. The lowest BCUT2D eigenvalue weighted by atomic mass is 10.1. The molecule has 0 atom stereocenters. The number of likely N-dealkylation sites (N-methyl/N-ethyl adjacent to an activating group) is 1. The van der Waals surface area contributed by atoms with Gasteiger partial charge in [0, 0.05) is 23.7 Å². The number of thiazole rings is 1. The summed E-state index contributed by atoms with van der Waals surface area (Å²) in [7, 11) is 1.78. The van der Waals surface area contributed by atoms with Gasteiger partial charge in [-0.25, -0.2) is 4.98 Å². The first-order chi connectivity index (χ1) is 9.54. The van der Waals surface area contributed by atoms with Gasteiger partial charge in [-0.1, -0.05) is 6.07 Å². The molecule has 1 aliphatic heterocycles. The molecular formula is C14H13N3O2S. The number of fused-ring (bicyclic) bond motifs is 1. The van der Waals surface area contributed by atoms with Crippen molar-refractivity contribution >= 4 is 28.8 Å². The van der Waals surface area contributed by atoms with Crippen LogP contribution in [0.3, 0.4) is 0 Å². The Morgan fingerprint density at radius 1 is 1.50 bits per heavy atom. The Balaban J connectivity index is 1.92. The number of nitrogens with two attached hydrogens (primary N) is 1. The van der Waals surface area contributed by atoms with Crippen LogP contribution in [-0.4, -0.2) is 23.8 Å². The second-order valence-corrected chi connectivity index (χ2v) is 5.69. The predicted octanol–water partition coefficient (Wildman–Crippen LogP) is 1.36. The molecular weight excluding hydrogens is 274 g/mol. The maximum atomic E-state index is 11.7. The van der Waals surface area contributed by atoms with Gasteiger partial charge in [0.1, 0.15) is 5.01 Å². The Hall–Kier alpha value is -2.21. The van der Waals surface area contributed by atoms with Crippen molar-refractivity contribution in [1.82, 2.24) is 4.98 Å². The van der Waals surface area contributed by atoms with Crippen molar-refractivity contribution < 1.29 is 9.59 Å². The zero-order valence-corrected chi connectivity index (χ0v) is 11.7. The first kappa shape index (κ1) is 12.8. The first-order valence-electron chi connectivity index (χ1n) is 6.17. The molecule has 0 unspecified atom stereocenters. The highest BCUT2D eigenvalue weighted by atomic mass is 32.1. The number of hydrogen-bond acceptors (Lipinski definition) is 4. The van der Waals surface area contributed by atoms with Crippen LogP contribution in [0.15, 0.2) is 23.6 Å². The number of anilines is 1. The van der Waals surface area contributed by atoms with E-state index in [-0.39, 0.29) is 18.2 Å². The summed E-state index contributed by atoms with van der Waals surface area (Å²) in [5, 5.41) is 2.61. The molecule has 0 bridgehead atoms. The highest BCUT2D eigenvalue weighted by Gasteiger charge is 2.24. The van der Waals surface area contributed by atoms with Crippen LogP contribution < -0.4 is 10.6 Å². The molecule has 0 saturated carbocycles. The van der Waals surface area contributed by atoms with Gasteiger partial charge in [0.2, 0.25) is 11.8 Å². The lowest BCUT2D eigenvalue weighted by Gasteiger charge is -2.09. The zero-order chi connectivity index (χ0) is 14.3. The van der Waals surface area contributed by atoms with E-state index in [1.807, 2.05) is 23.6 Å². The number of primary amides is 1. The van der Waals surface area contributed by atoms with Crippen LogP contribution in [0.1, 0.15) is 10.6 Å². The topological polar surface area (TPSA) is 76.3 Å². The summed E-state index contributed by atoms with van der Waals surface area (Å²) in [6.07, 6.45) is 0.592. The second-order valence-electron chi connectivity index (χ2n) is 4.74. The lowest BCUT2D eigenvalue weighted by molar-refractivity contribution is -0.118. The molecule has 0 aliphatic carbocycles. The third kappa shape index (κ3) is 2.18. The predicted molar refractivity (Wildman–Crippen MR) is 77.6 cm³/mol. The third-order valence-corrected chi connectivity index (χ3v) is 4.18. The molecule has 2 heterocycles. The Labute approximate surface area is 120 Å². The zero-order valence-electron chi connectivity index (χ0n) is 10.9. The van der Waals surface area contributed by atoms with Gasteiger partial charge >= 0.3 is 0 Å². The number of amides is 2. The summed E-state index contributed by atoms with van der Waals surface area (Å²) in [5.41, 5.74) is 8.90. The van der Waals surface area contributed by atoms with Crippen LogP contribution in [0.25, 0.3) is 11.3 Å². The van der Waals surface area contributed by atoms with Crippen molar-refractivity contribution in [2.24, 2.45) is 5.73 Å². The van der Waals surface area contributed by atoms with Crippen LogP contribution in [0, 0.1) is 0 Å². The van der Waals surface area contributed by atoms with Crippen LogP contribution >= 0.6 is 11.3 Å². The number of hydrogen-bond donors (Lipinski definition) is 1. The molecule has 3 rings (SSSR count). The van der Waals surface area contributed by atoms with Gasteiger partial charge in [-0.2, -0.15) is 0 Å². The fraction of sp³-hybridized carbons (Fsp3) is 0.214. The van der Waals surface area contributed by atoms with E-state index in [1.165, 1.54) is 11.3 Å². The van der Waals surface area contributed by atoms with Crippen molar-refractivity contribution in [3.8, 4) is 11.3 Å². The van der Waals surface area contributed by atoms with Crippen molar-refractivity contribution in [2.75, 3.05) is 11.9 Å². The van der Waals surface area contributed by atoms with Crippen LogP contribution in [-0.2, 0) is 22.4 Å². The number of carbonyl (C=O) groups is 2. The number of carbonyl (C=O) groups excluding carboxylic acids is 2. The number of aromatic nitrogens is 1. The minimum Gasteiger partial charge on any atom is -0.369 e. The van der Waals surface area contributed by atoms with E-state index in [9.17, 15) is 9.59 Å². The monoisotopic (exact) mass is 287 g/mol. The van der Waals surface area contributed by atoms with Crippen molar-refractivity contribution in [3.05, 3.63) is 34.2 Å². The SMILES string of the molecule is CN1C(=O)Cc2cc(-c3csc(CC(N)=O)n3)ccc21. The summed E-state index contributed by atoms with van der Waals surface area (Å²) in [4.78, 5) is 28.6. The lowest BCUT2D eigenvalue weighted by Crippen LogP contribution is -2.20. The molecule has 2 aromatic rings. The molecule has 0 saturated heterocycles. The maximum absolute atomic E-state index is 11.7. The molecule has 0 fully saturated rings. The molecule has 1 aromatic carbocycles. The summed E-state index contributed by atoms with van der Waals surface area (Å²) >= 11 is 1.42. The molecule has 5 nitrogen and oxygen atoms in total. The van der Waals surface area contributed by atoms with Gasteiger partial charge in [0.25, 0.3) is 0 Å². The average molecular weight is 287 g/mol. The average Bonchev–Trinajstić information content (AvgIpc) is 2.95. The van der Waals surface area contributed by atoms with E-state index < -0.39 is 0 Å². The number of nitrogens with zero attached hydrogens (tertiary/aromatic N) is 2. The van der Waals surface area contributed by atoms with Crippen LogP contribution in [0.5, 0.6) is 0 Å². The minimum absolute atomic E-state index is 0.102. The number of benzene rings is 1. The standard InChI is InChI=1S/C14H13N3O2S/c1-17-11-3-2-8(4-9(11)5-14(17)19)10-7-20-13(16-10)6-12(15)18/h2-4,7H,5-6H2,1H3,(H2,15,18). The molecule has 20 heavy (non-hydrogen) atoms. The van der Waals surface area contributed by atoms with Gasteiger partial charge in [0.05, 0.1) is 18.5 Å². The first-order valence-corrected chi connectivity index (χ1v) is 7.05. The fourth-order valence-corrected chi connectivity index (χ4v) is 3.12. The fourth-order valence-electron chi connectivity index (χ4n) is 2.30. The molecule has 1 aliphatic rings. The Morgan fingerprint density at radius 3 is 3.05 bits per heavy atom. The van der Waals surface area contributed by atoms with E-state index in [0.29, 0.717) is 11.4 Å². The van der Waals surface area contributed by atoms with Gasteiger partial charge in [-0.05, 0) is 17.7 Å². The summed E-state index contributed by atoms with van der Waals surface area (Å²) < 4.78 is 0. The molecule has 102 valence electrons. The van der Waals surface area contributed by atoms with Gasteiger partial charge < -0.3 is 10.6 Å². The van der Waals surface area contributed by atoms with Gasteiger partial charge in [0.15, 0.2) is 0 Å². The highest BCUT2D eigenvalue weighted by Crippen LogP contribution is 2.32. The smallest absolute Gasteiger partial charge is 0.231 e. The Kier molecular flexibility index (Phi) is 3.02. The van der Waals surface area contributed by atoms with E-state index in [0.717, 1.165) is 22.5 Å². The maximum Gasteiger partial charge on any atom is 0.231 e. The van der Waals surface area contributed by atoms with Gasteiger partial charge in [-0.15, -0.1) is 11.3 Å². The number of rotatable bonds is 3. The molecule has 6 heteroatoms. The third-order valence-electron chi connectivity index (χ3n) is 3.33. The van der Waals surface area contributed by atoms with E-state index in [2.05, 4.69) is 4.98 Å². The van der Waals surface area contributed by atoms with Crippen LogP contribution in [0.2, 0.25) is 0 Å². The Bertz CT molecular complexity index is 708. The van der Waals surface area contributed by atoms with Crippen molar-refractivity contribution in [1.29, 1.82) is 0 Å². The molecule has 0 spiro atoms. The quantitative estimate of drug-likeness (QED) is 0.926. The van der Waals surface area contributed by atoms with Crippen molar-refractivity contribution in [2.45, 2.75) is 12.8 Å². The van der Waals surface area contributed by atoms with E-state index >= 15 is 0 Å². The highest BCUT2D eigenvalue weighted by molar-refractivity contribution is 7.10. The van der Waals surface area contributed by atoms with E-state index in [1.54, 1.807) is 11.9 Å². The normalized spacial score (nSPS) is 13.7. The molecule has 0 radical (unpaired) electrons. The van der Waals surface area contributed by atoms with Crippen molar-refractivity contribution in [3.63, 3.8) is 0 Å². The van der Waals surface area contributed by atoms with Crippen LogP contribution in [0.4, 0.5) is 5.69 Å². The molecule has 2 amide bonds. The minimum atomic E-state index is -0.382. The largest absolute Gasteiger partial charge is 0.369 e. The molecule has 2 N–H and O–H groups in total. The molecule has 1 aromatic heterocycles. The van der Waals surface area contributed by atoms with E-state index in [4.69, 9.17) is 5.73 Å².